The van der Waals surface area contributed by atoms with Gasteiger partial charge in [-0.3, -0.25) is 4.98 Å². The van der Waals surface area contributed by atoms with Gasteiger partial charge in [-0.1, -0.05) is 41.9 Å². The molecule has 1 aromatic heterocycles. The van der Waals surface area contributed by atoms with Crippen LogP contribution in [-0.4, -0.2) is 16.9 Å². The van der Waals surface area contributed by atoms with Crippen LogP contribution in [0.1, 0.15) is 32.6 Å². The molecule has 1 aliphatic heterocycles. The molecule has 0 aliphatic carbocycles. The van der Waals surface area contributed by atoms with Gasteiger partial charge >= 0.3 is 11.9 Å². The van der Waals surface area contributed by atoms with Crippen molar-refractivity contribution in [3.63, 3.8) is 0 Å². The van der Waals surface area contributed by atoms with Gasteiger partial charge in [0.15, 0.2) is 0 Å². The number of aromatic nitrogens is 1. The predicted molar refractivity (Wildman–Crippen MR) is 116 cm³/mol. The van der Waals surface area contributed by atoms with Gasteiger partial charge in [0, 0.05) is 27.9 Å². The quantitative estimate of drug-likeness (QED) is 0.421. The summed E-state index contributed by atoms with van der Waals surface area (Å²) in [5, 5.41) is 4.72. The number of anilines is 2. The highest BCUT2D eigenvalue weighted by Crippen LogP contribution is 2.33. The Balaban J connectivity index is 1.44. The molecule has 0 saturated heterocycles. The van der Waals surface area contributed by atoms with Gasteiger partial charge in [0.25, 0.3) is 6.29 Å². The summed E-state index contributed by atoms with van der Waals surface area (Å²) >= 11 is 6.07. The van der Waals surface area contributed by atoms with Crippen LogP contribution in [0.5, 0.6) is 0 Å². The van der Waals surface area contributed by atoms with Crippen LogP contribution in [0, 0.1) is 0 Å². The Hall–Kier alpha value is -3.90. The summed E-state index contributed by atoms with van der Waals surface area (Å²) in [6, 6.07) is 21.0. The van der Waals surface area contributed by atoms with E-state index in [1.165, 1.54) is 0 Å². The third-order valence-corrected chi connectivity index (χ3v) is 5.22. The van der Waals surface area contributed by atoms with Crippen molar-refractivity contribution in [1.29, 1.82) is 0 Å². The van der Waals surface area contributed by atoms with E-state index in [4.69, 9.17) is 21.1 Å². The van der Waals surface area contributed by atoms with Crippen molar-refractivity contribution < 1.29 is 19.1 Å². The lowest BCUT2D eigenvalue weighted by Gasteiger charge is -2.16. The average molecular weight is 431 g/mol. The van der Waals surface area contributed by atoms with E-state index in [-0.39, 0.29) is 0 Å². The minimum atomic E-state index is -1.08. The Kier molecular flexibility index (Phi) is 4.76. The minimum absolute atomic E-state index is 0.307. The second-order valence-electron chi connectivity index (χ2n) is 6.92. The first-order valence-corrected chi connectivity index (χ1v) is 9.89. The Morgan fingerprint density at radius 2 is 1.81 bits per heavy atom. The number of carbonyl (C=O) groups is 2. The number of hydrogen-bond donors (Lipinski definition) is 1. The van der Waals surface area contributed by atoms with Crippen molar-refractivity contribution in [3.05, 3.63) is 101 Å². The zero-order valence-corrected chi connectivity index (χ0v) is 16.8. The van der Waals surface area contributed by atoms with Crippen molar-refractivity contribution in [2.45, 2.75) is 6.29 Å². The molecule has 1 aliphatic rings. The highest BCUT2D eigenvalue weighted by Gasteiger charge is 2.34. The van der Waals surface area contributed by atoms with E-state index in [0.29, 0.717) is 27.4 Å². The first kappa shape index (κ1) is 19.1. The van der Waals surface area contributed by atoms with Crippen molar-refractivity contribution in [1.82, 2.24) is 4.98 Å². The van der Waals surface area contributed by atoms with Gasteiger partial charge in [-0.25, -0.2) is 9.59 Å². The molecule has 31 heavy (non-hydrogen) atoms. The number of nitrogens with zero attached hydrogens (tertiary/aromatic N) is 1. The fourth-order valence-corrected chi connectivity index (χ4v) is 3.67. The normalized spacial score (nSPS) is 14.7. The first-order valence-electron chi connectivity index (χ1n) is 9.51. The number of fused-ring (bicyclic) bond motifs is 2. The second kappa shape index (κ2) is 7.74. The topological polar surface area (TPSA) is 77.5 Å². The number of nitrogens with one attached hydrogen (secondary N) is 1. The maximum Gasteiger partial charge on any atom is 0.343 e. The number of para-hydroxylation sites is 1. The summed E-state index contributed by atoms with van der Waals surface area (Å²) in [6.45, 7) is 0. The molecular formula is C24H15ClN2O4. The SMILES string of the molecule is O=C(OC1OC(=O)c2ccccc21)c1ccccc1Nc1ccnc2cc(Cl)ccc12. The zero-order valence-electron chi connectivity index (χ0n) is 16.0. The lowest BCUT2D eigenvalue weighted by atomic mass is 10.1. The smallest absolute Gasteiger partial charge is 0.343 e. The van der Waals surface area contributed by atoms with Crippen LogP contribution in [0.3, 0.4) is 0 Å². The molecule has 0 spiro atoms. The van der Waals surface area contributed by atoms with Crippen molar-refractivity contribution in [2.24, 2.45) is 0 Å². The third-order valence-electron chi connectivity index (χ3n) is 4.98. The lowest BCUT2D eigenvalue weighted by Crippen LogP contribution is -2.13. The molecular weight excluding hydrogens is 416 g/mol. The molecule has 0 amide bonds. The maximum absolute atomic E-state index is 13.0. The van der Waals surface area contributed by atoms with Crippen molar-refractivity contribution in [3.8, 4) is 0 Å². The Morgan fingerprint density at radius 1 is 1.00 bits per heavy atom. The molecule has 1 atom stereocenters. The Labute approximate surface area is 182 Å². The largest absolute Gasteiger partial charge is 0.417 e. The molecule has 2 heterocycles. The van der Waals surface area contributed by atoms with Gasteiger partial charge in [-0.05, 0) is 42.5 Å². The summed E-state index contributed by atoms with van der Waals surface area (Å²) < 4.78 is 10.8. The molecule has 0 saturated carbocycles. The second-order valence-corrected chi connectivity index (χ2v) is 7.36. The van der Waals surface area contributed by atoms with Crippen LogP contribution in [0.2, 0.25) is 5.02 Å². The lowest BCUT2D eigenvalue weighted by molar-refractivity contribution is -0.0723. The van der Waals surface area contributed by atoms with E-state index in [2.05, 4.69) is 10.3 Å². The number of esters is 2. The van der Waals surface area contributed by atoms with Crippen LogP contribution in [0.25, 0.3) is 10.9 Å². The molecule has 0 radical (unpaired) electrons. The highest BCUT2D eigenvalue weighted by molar-refractivity contribution is 6.31. The number of hydrogen-bond acceptors (Lipinski definition) is 6. The molecule has 152 valence electrons. The standard InChI is InChI=1S/C24H15ClN2O4/c25-14-9-10-17-20(11-12-26-21(17)13-14)27-19-8-4-3-7-18(19)23(29)31-24-16-6-2-1-5-15(16)22(28)30-24/h1-13,24H,(H,26,27). The molecule has 1 N–H and O–H groups in total. The van der Waals surface area contributed by atoms with Crippen LogP contribution < -0.4 is 5.32 Å². The van der Waals surface area contributed by atoms with Crippen molar-refractivity contribution >= 4 is 45.8 Å². The Morgan fingerprint density at radius 3 is 2.71 bits per heavy atom. The molecule has 0 fully saturated rings. The summed E-state index contributed by atoms with van der Waals surface area (Å²) in [7, 11) is 0. The number of halogens is 1. The van der Waals surface area contributed by atoms with Gasteiger partial charge in [0.1, 0.15) is 0 Å². The van der Waals surface area contributed by atoms with E-state index >= 15 is 0 Å². The number of rotatable bonds is 4. The number of ether oxygens (including phenoxy) is 2. The summed E-state index contributed by atoms with van der Waals surface area (Å²) in [4.78, 5) is 29.3. The molecule has 3 aromatic carbocycles. The number of carbonyl (C=O) groups excluding carboxylic acids is 2. The minimum Gasteiger partial charge on any atom is -0.417 e. The highest BCUT2D eigenvalue weighted by atomic mass is 35.5. The van der Waals surface area contributed by atoms with Crippen LogP contribution in [-0.2, 0) is 9.47 Å². The Bertz CT molecular complexity index is 1340. The fourth-order valence-electron chi connectivity index (χ4n) is 3.51. The van der Waals surface area contributed by atoms with E-state index in [9.17, 15) is 9.59 Å². The monoisotopic (exact) mass is 430 g/mol. The number of benzene rings is 3. The van der Waals surface area contributed by atoms with Crippen LogP contribution >= 0.6 is 11.6 Å². The molecule has 7 heteroatoms. The van der Waals surface area contributed by atoms with Crippen LogP contribution in [0.4, 0.5) is 11.4 Å². The fraction of sp³-hybridized carbons (Fsp3) is 0.0417. The molecule has 6 nitrogen and oxygen atoms in total. The van der Waals surface area contributed by atoms with Gasteiger partial charge in [-0.15, -0.1) is 0 Å². The van der Waals surface area contributed by atoms with E-state index in [1.807, 2.05) is 18.2 Å². The zero-order chi connectivity index (χ0) is 21.4. The average Bonchev–Trinajstić information content (AvgIpc) is 3.09. The van der Waals surface area contributed by atoms with Gasteiger partial charge in [0.05, 0.1) is 22.3 Å². The molecule has 0 bridgehead atoms. The third kappa shape index (κ3) is 3.58. The van der Waals surface area contributed by atoms with Crippen LogP contribution in [0.15, 0.2) is 79.0 Å². The van der Waals surface area contributed by atoms with Gasteiger partial charge < -0.3 is 14.8 Å². The van der Waals surface area contributed by atoms with E-state index in [1.54, 1.807) is 60.8 Å². The number of cyclic esters (lactones) is 1. The summed E-state index contributed by atoms with van der Waals surface area (Å²) in [5.41, 5.74) is 3.28. The first-order chi connectivity index (χ1) is 15.1. The molecule has 1 unspecified atom stereocenters. The van der Waals surface area contributed by atoms with E-state index in [0.717, 1.165) is 16.6 Å². The summed E-state index contributed by atoms with van der Waals surface area (Å²) in [5.74, 6) is -1.12. The molecule has 5 rings (SSSR count). The van der Waals surface area contributed by atoms with E-state index < -0.39 is 18.2 Å². The van der Waals surface area contributed by atoms with Gasteiger partial charge in [0.2, 0.25) is 0 Å². The van der Waals surface area contributed by atoms with Crippen molar-refractivity contribution in [2.75, 3.05) is 5.32 Å². The molecule has 4 aromatic rings. The maximum atomic E-state index is 13.0. The summed E-state index contributed by atoms with van der Waals surface area (Å²) in [6.07, 6.45) is 0.588. The number of pyridine rings is 1. The van der Waals surface area contributed by atoms with Gasteiger partial charge in [-0.2, -0.15) is 0 Å². The predicted octanol–water partition coefficient (Wildman–Crippen LogP) is 5.66.